The fourth-order valence-corrected chi connectivity index (χ4v) is 4.05. The first kappa shape index (κ1) is 21.2. The van der Waals surface area contributed by atoms with Gasteiger partial charge in [-0.25, -0.2) is 9.97 Å². The van der Waals surface area contributed by atoms with Crippen LogP contribution in [0, 0.1) is 17.0 Å². The molecule has 4 aromatic rings. The average Bonchev–Trinajstić information content (AvgIpc) is 2.80. The molecule has 0 atom stereocenters. The quantitative estimate of drug-likeness (QED) is 0.260. The van der Waals surface area contributed by atoms with Gasteiger partial charge < -0.3 is 9.80 Å². The van der Waals surface area contributed by atoms with Gasteiger partial charge in [0.05, 0.1) is 10.6 Å². The van der Waals surface area contributed by atoms with Crippen LogP contribution in [-0.4, -0.2) is 28.0 Å². The number of benzene rings is 3. The number of rotatable bonds is 7. The standard InChI is InChI=1S/C25H25N5O2/c1-4-28(20-13-8-10-18(3)16-20)24-23(30(31)32)25(27-17-26-24)29(5-2)22-15-9-12-19-11-6-7-14-21(19)22/h6-17H,4-5H2,1-3H3. The lowest BCUT2D eigenvalue weighted by atomic mass is 10.1. The molecule has 0 saturated heterocycles. The molecule has 162 valence electrons. The Hall–Kier alpha value is -4.00. The molecule has 7 nitrogen and oxygen atoms in total. The summed E-state index contributed by atoms with van der Waals surface area (Å²) in [4.78, 5) is 24.5. The maximum Gasteiger partial charge on any atom is 0.354 e. The Balaban J connectivity index is 1.92. The van der Waals surface area contributed by atoms with Crippen LogP contribution in [0.4, 0.5) is 28.7 Å². The first-order chi connectivity index (χ1) is 15.5. The van der Waals surface area contributed by atoms with Gasteiger partial charge in [0, 0.05) is 24.2 Å². The number of hydrogen-bond donors (Lipinski definition) is 0. The van der Waals surface area contributed by atoms with Crippen molar-refractivity contribution < 1.29 is 4.92 Å². The number of aryl methyl sites for hydroxylation is 1. The molecule has 3 aromatic carbocycles. The van der Waals surface area contributed by atoms with Crippen molar-refractivity contribution in [1.29, 1.82) is 0 Å². The lowest BCUT2D eigenvalue weighted by Gasteiger charge is -2.26. The smallest absolute Gasteiger partial charge is 0.321 e. The van der Waals surface area contributed by atoms with Crippen LogP contribution in [0.3, 0.4) is 0 Å². The molecule has 0 saturated carbocycles. The fraction of sp³-hybridized carbons (Fsp3) is 0.200. The molecule has 1 heterocycles. The van der Waals surface area contributed by atoms with Gasteiger partial charge in [-0.1, -0.05) is 48.5 Å². The second-order valence-electron chi connectivity index (χ2n) is 7.45. The van der Waals surface area contributed by atoms with Crippen molar-refractivity contribution in [3.8, 4) is 0 Å². The number of aromatic nitrogens is 2. The highest BCUT2D eigenvalue weighted by atomic mass is 16.6. The highest BCUT2D eigenvalue weighted by Gasteiger charge is 2.31. The predicted octanol–water partition coefficient (Wildman–Crippen LogP) is 6.16. The van der Waals surface area contributed by atoms with E-state index in [-0.39, 0.29) is 22.2 Å². The molecule has 0 amide bonds. The minimum Gasteiger partial charge on any atom is -0.321 e. The summed E-state index contributed by atoms with van der Waals surface area (Å²) in [7, 11) is 0. The second kappa shape index (κ2) is 9.01. The molecule has 0 spiro atoms. The lowest BCUT2D eigenvalue weighted by Crippen LogP contribution is -2.23. The summed E-state index contributed by atoms with van der Waals surface area (Å²) in [6.45, 7) is 6.96. The SMILES string of the molecule is CCN(c1cccc(C)c1)c1ncnc(N(CC)c2cccc3ccccc23)c1[N+](=O)[O-]. The molecular weight excluding hydrogens is 402 g/mol. The van der Waals surface area contributed by atoms with E-state index in [9.17, 15) is 10.1 Å². The number of nitro groups is 1. The molecule has 0 unspecified atom stereocenters. The molecule has 1 aromatic heterocycles. The first-order valence-corrected chi connectivity index (χ1v) is 10.6. The summed E-state index contributed by atoms with van der Waals surface area (Å²) in [5.74, 6) is 0.566. The number of fused-ring (bicyclic) bond motifs is 1. The third-order valence-corrected chi connectivity index (χ3v) is 5.48. The first-order valence-electron chi connectivity index (χ1n) is 10.6. The zero-order valence-electron chi connectivity index (χ0n) is 18.4. The van der Waals surface area contributed by atoms with Gasteiger partial charge in [-0.2, -0.15) is 0 Å². The molecule has 0 N–H and O–H groups in total. The molecule has 4 rings (SSSR count). The molecule has 0 aliphatic heterocycles. The minimum absolute atomic E-state index is 0.106. The highest BCUT2D eigenvalue weighted by molar-refractivity contribution is 5.97. The maximum atomic E-state index is 12.3. The summed E-state index contributed by atoms with van der Waals surface area (Å²) in [6.07, 6.45) is 1.41. The normalized spacial score (nSPS) is 10.8. The van der Waals surface area contributed by atoms with Crippen LogP contribution in [0.1, 0.15) is 19.4 Å². The van der Waals surface area contributed by atoms with Crippen molar-refractivity contribution >= 4 is 39.5 Å². The molecule has 32 heavy (non-hydrogen) atoms. The molecule has 0 radical (unpaired) electrons. The molecule has 0 bridgehead atoms. The topological polar surface area (TPSA) is 75.4 Å². The molecule has 0 fully saturated rings. The van der Waals surface area contributed by atoms with E-state index < -0.39 is 0 Å². The van der Waals surface area contributed by atoms with Gasteiger partial charge in [0.15, 0.2) is 0 Å². The van der Waals surface area contributed by atoms with Crippen LogP contribution >= 0.6 is 0 Å². The fourth-order valence-electron chi connectivity index (χ4n) is 4.05. The van der Waals surface area contributed by atoms with Crippen LogP contribution in [0.25, 0.3) is 10.8 Å². The zero-order valence-corrected chi connectivity index (χ0v) is 18.4. The molecule has 0 aliphatic rings. The number of hydrogen-bond acceptors (Lipinski definition) is 6. The summed E-state index contributed by atoms with van der Waals surface area (Å²) >= 11 is 0. The van der Waals surface area contributed by atoms with Crippen molar-refractivity contribution in [2.24, 2.45) is 0 Å². The third-order valence-electron chi connectivity index (χ3n) is 5.48. The van der Waals surface area contributed by atoms with E-state index in [1.54, 1.807) is 0 Å². The summed E-state index contributed by atoms with van der Waals surface area (Å²) in [5, 5.41) is 14.4. The van der Waals surface area contributed by atoms with Crippen molar-refractivity contribution in [2.75, 3.05) is 22.9 Å². The van der Waals surface area contributed by atoms with Crippen molar-refractivity contribution in [1.82, 2.24) is 9.97 Å². The largest absolute Gasteiger partial charge is 0.354 e. The Kier molecular flexibility index (Phi) is 5.98. The predicted molar refractivity (Wildman–Crippen MR) is 129 cm³/mol. The Morgan fingerprint density at radius 2 is 1.53 bits per heavy atom. The Bertz CT molecular complexity index is 1270. The third kappa shape index (κ3) is 3.85. The van der Waals surface area contributed by atoms with Crippen LogP contribution < -0.4 is 9.80 Å². The Labute approximate surface area is 187 Å². The van der Waals surface area contributed by atoms with Gasteiger partial charge in [-0.15, -0.1) is 0 Å². The van der Waals surface area contributed by atoms with Crippen molar-refractivity contribution in [2.45, 2.75) is 20.8 Å². The molecule has 7 heteroatoms. The van der Waals surface area contributed by atoms with Crippen molar-refractivity contribution in [3.63, 3.8) is 0 Å². The Morgan fingerprint density at radius 1 is 0.875 bits per heavy atom. The van der Waals surface area contributed by atoms with E-state index in [4.69, 9.17) is 0 Å². The van der Waals surface area contributed by atoms with Gasteiger partial charge in [-0.05, 0) is 49.9 Å². The minimum atomic E-state index is -0.378. The molecule has 0 aliphatic carbocycles. The van der Waals surface area contributed by atoms with Crippen LogP contribution in [0.2, 0.25) is 0 Å². The zero-order chi connectivity index (χ0) is 22.7. The van der Waals surface area contributed by atoms with E-state index in [1.165, 1.54) is 6.33 Å². The summed E-state index contributed by atoms with van der Waals surface area (Å²) in [6, 6.07) is 21.8. The van der Waals surface area contributed by atoms with Gasteiger partial charge in [0.2, 0.25) is 11.6 Å². The summed E-state index contributed by atoms with van der Waals surface area (Å²) in [5.41, 5.74) is 2.69. The lowest BCUT2D eigenvalue weighted by molar-refractivity contribution is -0.383. The van der Waals surface area contributed by atoms with E-state index in [2.05, 4.69) is 9.97 Å². The number of anilines is 4. The van der Waals surface area contributed by atoms with E-state index >= 15 is 0 Å². The van der Waals surface area contributed by atoms with Gasteiger partial charge in [0.25, 0.3) is 0 Å². The monoisotopic (exact) mass is 427 g/mol. The van der Waals surface area contributed by atoms with Gasteiger partial charge in [-0.3, -0.25) is 10.1 Å². The van der Waals surface area contributed by atoms with E-state index in [1.807, 2.05) is 97.3 Å². The van der Waals surface area contributed by atoms with Crippen LogP contribution in [-0.2, 0) is 0 Å². The van der Waals surface area contributed by atoms with Crippen molar-refractivity contribution in [3.05, 3.63) is 88.7 Å². The highest BCUT2D eigenvalue weighted by Crippen LogP contribution is 2.41. The van der Waals surface area contributed by atoms with Crippen LogP contribution in [0.15, 0.2) is 73.1 Å². The summed E-state index contributed by atoms with van der Waals surface area (Å²) < 4.78 is 0. The average molecular weight is 428 g/mol. The van der Waals surface area contributed by atoms with Gasteiger partial charge >= 0.3 is 5.69 Å². The van der Waals surface area contributed by atoms with Gasteiger partial charge in [0.1, 0.15) is 6.33 Å². The van der Waals surface area contributed by atoms with Crippen LogP contribution in [0.5, 0.6) is 0 Å². The second-order valence-corrected chi connectivity index (χ2v) is 7.45. The van der Waals surface area contributed by atoms with E-state index in [0.717, 1.165) is 27.7 Å². The number of nitrogens with zero attached hydrogens (tertiary/aromatic N) is 5. The Morgan fingerprint density at radius 3 is 2.22 bits per heavy atom. The molecular formula is C25H25N5O2. The van der Waals surface area contributed by atoms with E-state index in [0.29, 0.717) is 13.1 Å². The maximum absolute atomic E-state index is 12.3.